The van der Waals surface area contributed by atoms with Crippen LogP contribution in [0.15, 0.2) is 18.2 Å². The van der Waals surface area contributed by atoms with Gasteiger partial charge in [0.2, 0.25) is 0 Å². The van der Waals surface area contributed by atoms with Gasteiger partial charge in [-0.25, -0.2) is 4.79 Å². The second kappa shape index (κ2) is 6.10. The first kappa shape index (κ1) is 13.3. The highest BCUT2D eigenvalue weighted by Gasteiger charge is 2.12. The van der Waals surface area contributed by atoms with Crippen molar-refractivity contribution in [1.29, 1.82) is 0 Å². The third-order valence-electron chi connectivity index (χ3n) is 2.46. The average Bonchev–Trinajstić information content (AvgIpc) is 2.33. The lowest BCUT2D eigenvalue weighted by molar-refractivity contribution is -0.105. The smallest absolute Gasteiger partial charge is 0.433 e. The Labute approximate surface area is 101 Å². The van der Waals surface area contributed by atoms with Crippen LogP contribution in [0.2, 0.25) is 0 Å². The second-order valence-corrected chi connectivity index (χ2v) is 3.63. The number of hydroxylamine groups is 2. The number of aromatic hydroxyl groups is 1. The van der Waals surface area contributed by atoms with Gasteiger partial charge in [-0.1, -0.05) is 12.1 Å². The fourth-order valence-corrected chi connectivity index (χ4v) is 1.46. The van der Waals surface area contributed by atoms with Crippen LogP contribution in [0.25, 0.3) is 0 Å². The lowest BCUT2D eigenvalue weighted by atomic mass is 10.1. The highest BCUT2D eigenvalue weighted by atomic mass is 16.7. The zero-order valence-electron chi connectivity index (χ0n) is 10.3. The molecule has 0 bridgehead atoms. The van der Waals surface area contributed by atoms with Crippen LogP contribution >= 0.6 is 0 Å². The highest BCUT2D eigenvalue weighted by molar-refractivity contribution is 5.66. The van der Waals surface area contributed by atoms with Gasteiger partial charge in [0, 0.05) is 0 Å². The normalized spacial score (nSPS) is 10.1. The van der Waals surface area contributed by atoms with Gasteiger partial charge in [0.15, 0.2) is 0 Å². The Hall–Kier alpha value is -1.75. The van der Waals surface area contributed by atoms with Gasteiger partial charge in [0.25, 0.3) is 0 Å². The van der Waals surface area contributed by atoms with E-state index in [-0.39, 0.29) is 5.75 Å². The molecule has 0 aliphatic heterocycles. The predicted octanol–water partition coefficient (Wildman–Crippen LogP) is 1.87. The number of phenols is 1. The van der Waals surface area contributed by atoms with E-state index in [2.05, 4.69) is 4.74 Å². The van der Waals surface area contributed by atoms with Crippen LogP contribution in [-0.4, -0.2) is 37.0 Å². The van der Waals surface area contributed by atoms with E-state index in [4.69, 9.17) is 4.84 Å². The van der Waals surface area contributed by atoms with Gasteiger partial charge in [0.05, 0.1) is 20.8 Å². The summed E-state index contributed by atoms with van der Waals surface area (Å²) < 4.78 is 4.56. The first-order valence-electron chi connectivity index (χ1n) is 5.26. The van der Waals surface area contributed by atoms with Gasteiger partial charge in [-0.15, -0.1) is 0 Å². The maximum Gasteiger partial charge on any atom is 0.433 e. The summed E-state index contributed by atoms with van der Waals surface area (Å²) in [5.41, 5.74) is 1.83. The van der Waals surface area contributed by atoms with Crippen molar-refractivity contribution in [3.63, 3.8) is 0 Å². The number of carbonyl (C=O) groups excluding carboxylic acids is 1. The summed E-state index contributed by atoms with van der Waals surface area (Å²) in [6.07, 6.45) is 0.104. The number of ether oxygens (including phenoxy) is 1. The van der Waals surface area contributed by atoms with Crippen molar-refractivity contribution in [3.05, 3.63) is 29.3 Å². The molecular weight excluding hydrogens is 222 g/mol. The molecule has 1 N–H and O–H groups in total. The topological polar surface area (TPSA) is 59.0 Å². The molecule has 0 heterocycles. The first-order valence-corrected chi connectivity index (χ1v) is 5.26. The van der Waals surface area contributed by atoms with Gasteiger partial charge < -0.3 is 9.84 Å². The molecule has 0 aromatic heterocycles. The molecule has 0 fully saturated rings. The molecule has 1 amide bonds. The Morgan fingerprint density at radius 2 is 2.12 bits per heavy atom. The molecule has 0 unspecified atom stereocenters. The van der Waals surface area contributed by atoms with Crippen molar-refractivity contribution < 1.29 is 19.5 Å². The number of rotatable bonds is 4. The van der Waals surface area contributed by atoms with E-state index in [1.165, 1.54) is 14.2 Å². The van der Waals surface area contributed by atoms with Crippen LogP contribution in [0.3, 0.4) is 0 Å². The zero-order valence-corrected chi connectivity index (χ0v) is 10.3. The lowest BCUT2D eigenvalue weighted by Gasteiger charge is -2.17. The van der Waals surface area contributed by atoms with Crippen molar-refractivity contribution in [2.45, 2.75) is 13.3 Å². The van der Waals surface area contributed by atoms with E-state index >= 15 is 0 Å². The maximum absolute atomic E-state index is 11.2. The Bertz CT molecular complexity index is 392. The van der Waals surface area contributed by atoms with E-state index in [0.717, 1.165) is 16.2 Å². The molecule has 1 rings (SSSR count). The van der Waals surface area contributed by atoms with Gasteiger partial charge in [0.1, 0.15) is 5.75 Å². The minimum atomic E-state index is -0.525. The van der Waals surface area contributed by atoms with E-state index in [1.807, 2.05) is 19.1 Å². The Kier molecular flexibility index (Phi) is 4.78. The number of carbonyl (C=O) groups is 1. The number of phenolic OH excluding ortho intramolecular Hbond substituents is 1. The van der Waals surface area contributed by atoms with Crippen LogP contribution in [0, 0.1) is 6.92 Å². The standard InChI is InChI=1S/C12H17NO4/c1-9-8-10(4-5-11(9)14)6-7-13(17-3)12(15)16-2/h4-5,8,14H,6-7H2,1-3H3. The summed E-state index contributed by atoms with van der Waals surface area (Å²) in [6.45, 7) is 2.22. The Morgan fingerprint density at radius 3 is 2.65 bits per heavy atom. The van der Waals surface area contributed by atoms with Crippen LogP contribution in [-0.2, 0) is 16.0 Å². The van der Waals surface area contributed by atoms with Gasteiger partial charge in [-0.05, 0) is 30.5 Å². The summed E-state index contributed by atoms with van der Waals surface area (Å²) in [7, 11) is 2.72. The molecular formula is C12H17NO4. The monoisotopic (exact) mass is 239 g/mol. The molecule has 5 nitrogen and oxygen atoms in total. The van der Waals surface area contributed by atoms with E-state index in [0.29, 0.717) is 13.0 Å². The number of hydrogen-bond donors (Lipinski definition) is 1. The molecule has 94 valence electrons. The Balaban J connectivity index is 2.59. The molecule has 5 heteroatoms. The average molecular weight is 239 g/mol. The van der Waals surface area contributed by atoms with Crippen molar-refractivity contribution in [3.8, 4) is 5.75 Å². The fourth-order valence-electron chi connectivity index (χ4n) is 1.46. The third kappa shape index (κ3) is 3.64. The molecule has 1 aromatic carbocycles. The Morgan fingerprint density at radius 1 is 1.41 bits per heavy atom. The number of methoxy groups -OCH3 is 1. The van der Waals surface area contributed by atoms with Gasteiger partial charge in [-0.2, -0.15) is 5.06 Å². The summed E-state index contributed by atoms with van der Waals surface area (Å²) >= 11 is 0. The number of nitrogens with zero attached hydrogens (tertiary/aromatic N) is 1. The predicted molar refractivity (Wildman–Crippen MR) is 62.7 cm³/mol. The molecule has 0 saturated heterocycles. The number of aryl methyl sites for hydroxylation is 1. The van der Waals surface area contributed by atoms with E-state index in [9.17, 15) is 9.90 Å². The van der Waals surface area contributed by atoms with Crippen molar-refractivity contribution in [2.24, 2.45) is 0 Å². The summed E-state index contributed by atoms with van der Waals surface area (Å²) in [5.74, 6) is 0.269. The molecule has 1 aromatic rings. The molecule has 0 atom stereocenters. The maximum atomic E-state index is 11.2. The molecule has 0 saturated carbocycles. The van der Waals surface area contributed by atoms with Gasteiger partial charge in [-0.3, -0.25) is 4.84 Å². The van der Waals surface area contributed by atoms with Crippen LogP contribution in [0.5, 0.6) is 5.75 Å². The summed E-state index contributed by atoms with van der Waals surface area (Å²) in [6, 6.07) is 5.33. The highest BCUT2D eigenvalue weighted by Crippen LogP contribution is 2.17. The van der Waals surface area contributed by atoms with Gasteiger partial charge >= 0.3 is 6.09 Å². The minimum Gasteiger partial charge on any atom is -0.508 e. The largest absolute Gasteiger partial charge is 0.508 e. The summed E-state index contributed by atoms with van der Waals surface area (Å²) in [4.78, 5) is 16.1. The molecule has 0 radical (unpaired) electrons. The molecule has 0 aliphatic rings. The number of amides is 1. The fraction of sp³-hybridized carbons (Fsp3) is 0.417. The molecule has 0 spiro atoms. The van der Waals surface area contributed by atoms with Crippen LogP contribution in [0.1, 0.15) is 11.1 Å². The SMILES string of the molecule is COC(=O)N(CCc1ccc(O)c(C)c1)OC. The number of hydrogen-bond acceptors (Lipinski definition) is 4. The van der Waals surface area contributed by atoms with Crippen molar-refractivity contribution in [2.75, 3.05) is 20.8 Å². The van der Waals surface area contributed by atoms with Crippen LogP contribution in [0.4, 0.5) is 4.79 Å². The van der Waals surface area contributed by atoms with E-state index < -0.39 is 6.09 Å². The second-order valence-electron chi connectivity index (χ2n) is 3.63. The molecule has 17 heavy (non-hydrogen) atoms. The minimum absolute atomic E-state index is 0.269. The quantitative estimate of drug-likeness (QED) is 0.815. The van der Waals surface area contributed by atoms with Crippen LogP contribution < -0.4 is 0 Å². The number of benzene rings is 1. The van der Waals surface area contributed by atoms with E-state index in [1.54, 1.807) is 6.07 Å². The van der Waals surface area contributed by atoms with Crippen molar-refractivity contribution in [1.82, 2.24) is 5.06 Å². The molecule has 0 aliphatic carbocycles. The zero-order chi connectivity index (χ0) is 12.8. The lowest BCUT2D eigenvalue weighted by Crippen LogP contribution is -2.31. The summed E-state index contributed by atoms with van der Waals surface area (Å²) in [5, 5.41) is 10.5. The first-order chi connectivity index (χ1) is 8.08. The third-order valence-corrected chi connectivity index (χ3v) is 2.46. The van der Waals surface area contributed by atoms with Crippen molar-refractivity contribution >= 4 is 6.09 Å².